The maximum Gasteiger partial charge on any atom is 0.262 e. The van der Waals surface area contributed by atoms with Crippen LogP contribution in [0.1, 0.15) is 0 Å². The summed E-state index contributed by atoms with van der Waals surface area (Å²) in [6.45, 7) is 0. The van der Waals surface area contributed by atoms with Gasteiger partial charge in [-0.15, -0.1) is 0 Å². The largest absolute Gasteiger partial charge is 0.264 e. The van der Waals surface area contributed by atoms with E-state index in [-0.39, 0.29) is 10.4 Å². The van der Waals surface area contributed by atoms with Crippen LogP contribution >= 0.6 is 10.7 Å². The van der Waals surface area contributed by atoms with Gasteiger partial charge in [0.15, 0.2) is 0 Å². The monoisotopic (exact) mass is 187 g/mol. The molecule has 0 saturated carbocycles. The lowest BCUT2D eigenvalue weighted by atomic mass is 9.99. The molecule has 0 saturated heterocycles. The van der Waals surface area contributed by atoms with Gasteiger partial charge in [-0.2, -0.15) is 0 Å². The minimum Gasteiger partial charge on any atom is -0.264 e. The first-order valence-electron chi connectivity index (χ1n) is 2.65. The standard InChI is InChI=1S/C5H3BClNO2S/c6-4-1-5(3-8-2-4)11(7,9)10/h1-3H. The van der Waals surface area contributed by atoms with Crippen LogP contribution in [0.5, 0.6) is 0 Å². The third-order valence-electron chi connectivity index (χ3n) is 1.02. The van der Waals surface area contributed by atoms with Gasteiger partial charge in [0.05, 0.1) is 0 Å². The molecular formula is C5H3BClNO2S. The molecule has 0 aliphatic carbocycles. The van der Waals surface area contributed by atoms with Crippen molar-refractivity contribution in [2.75, 3.05) is 0 Å². The topological polar surface area (TPSA) is 47.0 Å². The van der Waals surface area contributed by atoms with Crippen molar-refractivity contribution >= 4 is 33.0 Å². The fourth-order valence-corrected chi connectivity index (χ4v) is 1.29. The van der Waals surface area contributed by atoms with Crippen LogP contribution in [0.3, 0.4) is 0 Å². The van der Waals surface area contributed by atoms with Gasteiger partial charge in [0, 0.05) is 23.1 Å². The first-order chi connectivity index (χ1) is 5.00. The second kappa shape index (κ2) is 2.83. The Kier molecular flexibility index (Phi) is 2.20. The molecule has 1 heterocycles. The number of rotatable bonds is 1. The van der Waals surface area contributed by atoms with E-state index in [1.165, 1.54) is 12.3 Å². The number of hydrogen-bond acceptors (Lipinski definition) is 3. The molecule has 0 aromatic carbocycles. The van der Waals surface area contributed by atoms with Crippen molar-refractivity contribution in [3.05, 3.63) is 18.5 Å². The number of hydrogen-bond donors (Lipinski definition) is 0. The van der Waals surface area contributed by atoms with Gasteiger partial charge in [0.1, 0.15) is 12.7 Å². The summed E-state index contributed by atoms with van der Waals surface area (Å²) in [5.41, 5.74) is 0.270. The van der Waals surface area contributed by atoms with E-state index in [9.17, 15) is 8.42 Å². The summed E-state index contributed by atoms with van der Waals surface area (Å²) >= 11 is 0. The van der Waals surface area contributed by atoms with Crippen molar-refractivity contribution in [2.24, 2.45) is 0 Å². The van der Waals surface area contributed by atoms with Gasteiger partial charge in [0.25, 0.3) is 9.05 Å². The Bertz CT molecular complexity index is 365. The molecule has 1 rings (SSSR count). The average molecular weight is 187 g/mol. The molecule has 0 bridgehead atoms. The number of halogens is 1. The maximum atomic E-state index is 10.7. The van der Waals surface area contributed by atoms with E-state index >= 15 is 0 Å². The highest BCUT2D eigenvalue weighted by atomic mass is 35.7. The van der Waals surface area contributed by atoms with Crippen molar-refractivity contribution in [1.82, 2.24) is 4.98 Å². The van der Waals surface area contributed by atoms with Gasteiger partial charge in [-0.25, -0.2) is 8.42 Å². The van der Waals surface area contributed by atoms with E-state index in [1.54, 1.807) is 0 Å². The number of pyridine rings is 1. The van der Waals surface area contributed by atoms with Gasteiger partial charge in [-0.1, -0.05) is 5.46 Å². The Morgan fingerprint density at radius 2 is 2.09 bits per heavy atom. The molecule has 6 heteroatoms. The first kappa shape index (κ1) is 8.55. The van der Waals surface area contributed by atoms with Crippen LogP contribution in [0.15, 0.2) is 23.4 Å². The van der Waals surface area contributed by atoms with Crippen LogP contribution in [-0.2, 0) is 9.05 Å². The molecule has 0 spiro atoms. The normalized spacial score (nSPS) is 11.4. The van der Waals surface area contributed by atoms with E-state index in [0.29, 0.717) is 0 Å². The fraction of sp³-hybridized carbons (Fsp3) is 0. The average Bonchev–Trinajstić information content (AvgIpc) is 1.86. The van der Waals surface area contributed by atoms with Crippen molar-refractivity contribution in [1.29, 1.82) is 0 Å². The Hall–Kier alpha value is -0.545. The third kappa shape index (κ3) is 2.20. The predicted molar refractivity (Wildman–Crippen MR) is 42.7 cm³/mol. The van der Waals surface area contributed by atoms with Crippen LogP contribution in [0.25, 0.3) is 0 Å². The molecule has 0 aliphatic rings. The first-order valence-corrected chi connectivity index (χ1v) is 4.96. The molecule has 0 amide bonds. The van der Waals surface area contributed by atoms with Crippen LogP contribution in [0, 0.1) is 0 Å². The highest BCUT2D eigenvalue weighted by Crippen LogP contribution is 2.10. The van der Waals surface area contributed by atoms with Crippen LogP contribution in [0.4, 0.5) is 0 Å². The molecular weight excluding hydrogens is 184 g/mol. The van der Waals surface area contributed by atoms with E-state index in [2.05, 4.69) is 4.98 Å². The number of aromatic nitrogens is 1. The molecule has 0 fully saturated rings. The second-order valence-electron chi connectivity index (χ2n) is 1.89. The Morgan fingerprint density at radius 3 is 2.45 bits per heavy atom. The third-order valence-corrected chi connectivity index (χ3v) is 2.34. The van der Waals surface area contributed by atoms with Crippen LogP contribution in [0.2, 0.25) is 0 Å². The molecule has 2 radical (unpaired) electrons. The van der Waals surface area contributed by atoms with Gasteiger partial charge in [-0.3, -0.25) is 4.98 Å². The highest BCUT2D eigenvalue weighted by Gasteiger charge is 2.08. The summed E-state index contributed by atoms with van der Waals surface area (Å²) in [5, 5.41) is 0. The Labute approximate surface area is 70.2 Å². The molecule has 0 unspecified atom stereocenters. The molecule has 11 heavy (non-hydrogen) atoms. The lowest BCUT2D eigenvalue weighted by Gasteiger charge is -1.95. The second-order valence-corrected chi connectivity index (χ2v) is 4.46. The van der Waals surface area contributed by atoms with Gasteiger partial charge >= 0.3 is 0 Å². The van der Waals surface area contributed by atoms with Crippen molar-refractivity contribution in [2.45, 2.75) is 4.90 Å². The zero-order chi connectivity index (χ0) is 8.48. The van der Waals surface area contributed by atoms with E-state index in [1.807, 2.05) is 0 Å². The van der Waals surface area contributed by atoms with Gasteiger partial charge in [0.2, 0.25) is 0 Å². The van der Waals surface area contributed by atoms with E-state index in [0.717, 1.165) is 6.20 Å². The zero-order valence-electron chi connectivity index (χ0n) is 5.36. The highest BCUT2D eigenvalue weighted by molar-refractivity contribution is 8.13. The lowest BCUT2D eigenvalue weighted by molar-refractivity contribution is 0.609. The van der Waals surface area contributed by atoms with Crippen molar-refractivity contribution in [3.63, 3.8) is 0 Å². The Balaban J connectivity index is 3.28. The van der Waals surface area contributed by atoms with Crippen LogP contribution in [-0.4, -0.2) is 21.2 Å². The molecule has 0 N–H and O–H groups in total. The molecule has 56 valence electrons. The number of nitrogens with zero attached hydrogens (tertiary/aromatic N) is 1. The molecule has 0 aliphatic heterocycles. The predicted octanol–water partition coefficient (Wildman–Crippen LogP) is -0.197. The van der Waals surface area contributed by atoms with Gasteiger partial charge in [-0.05, 0) is 6.07 Å². The van der Waals surface area contributed by atoms with Crippen molar-refractivity contribution in [3.8, 4) is 0 Å². The lowest BCUT2D eigenvalue weighted by Crippen LogP contribution is -2.05. The summed E-state index contributed by atoms with van der Waals surface area (Å²) < 4.78 is 21.3. The maximum absolute atomic E-state index is 10.7. The summed E-state index contributed by atoms with van der Waals surface area (Å²) in [4.78, 5) is 3.48. The molecule has 1 aromatic heterocycles. The SMILES string of the molecule is [B]c1cncc(S(=O)(=O)Cl)c1. The summed E-state index contributed by atoms with van der Waals surface area (Å²) in [5.74, 6) is 0. The fourth-order valence-electron chi connectivity index (χ4n) is 0.569. The summed E-state index contributed by atoms with van der Waals surface area (Å²) in [7, 11) is 6.58. The smallest absolute Gasteiger partial charge is 0.262 e. The zero-order valence-corrected chi connectivity index (χ0v) is 6.93. The molecule has 1 aromatic rings. The summed E-state index contributed by atoms with van der Waals surface area (Å²) in [6, 6.07) is 1.25. The van der Waals surface area contributed by atoms with E-state index in [4.69, 9.17) is 18.5 Å². The van der Waals surface area contributed by atoms with Crippen molar-refractivity contribution < 1.29 is 8.42 Å². The quantitative estimate of drug-likeness (QED) is 0.452. The minimum atomic E-state index is -3.70. The minimum absolute atomic E-state index is 0.0841. The van der Waals surface area contributed by atoms with Gasteiger partial charge < -0.3 is 0 Å². The Morgan fingerprint density at radius 1 is 1.45 bits per heavy atom. The molecule has 0 atom stereocenters. The van der Waals surface area contributed by atoms with E-state index < -0.39 is 9.05 Å². The van der Waals surface area contributed by atoms with Crippen LogP contribution < -0.4 is 5.46 Å². The summed E-state index contributed by atoms with van der Waals surface area (Å²) in [6.07, 6.45) is 2.48. The molecule has 3 nitrogen and oxygen atoms in total.